The summed E-state index contributed by atoms with van der Waals surface area (Å²) in [6.07, 6.45) is 0. The second kappa shape index (κ2) is 6.74. The largest absolute Gasteiger partial charge is 0.490 e. The maximum absolute atomic E-state index is 13.5. The summed E-state index contributed by atoms with van der Waals surface area (Å²) in [7, 11) is 0. The van der Waals surface area contributed by atoms with Gasteiger partial charge in [0.15, 0.2) is 11.5 Å². The van der Waals surface area contributed by atoms with Crippen LogP contribution in [-0.4, -0.2) is 12.5 Å². The van der Waals surface area contributed by atoms with Crippen molar-refractivity contribution in [1.29, 1.82) is 0 Å². The summed E-state index contributed by atoms with van der Waals surface area (Å²) in [4.78, 5) is 11.2. The molecule has 2 aromatic carbocycles. The smallest absolute Gasteiger partial charge is 0.248 e. The first-order chi connectivity index (χ1) is 10.1. The van der Waals surface area contributed by atoms with Crippen molar-refractivity contribution in [3.8, 4) is 11.5 Å². The van der Waals surface area contributed by atoms with Gasteiger partial charge in [-0.2, -0.15) is 0 Å². The predicted octanol–water partition coefficient (Wildman–Crippen LogP) is 2.90. The lowest BCUT2D eigenvalue weighted by atomic mass is 10.2. The zero-order valence-corrected chi connectivity index (χ0v) is 11.6. The summed E-state index contributed by atoms with van der Waals surface area (Å²) in [6.45, 7) is 2.30. The van der Waals surface area contributed by atoms with Crippen LogP contribution in [0.1, 0.15) is 22.8 Å². The fraction of sp³-hybridized carbons (Fsp3) is 0.188. The van der Waals surface area contributed by atoms with Crippen LogP contribution in [0.25, 0.3) is 0 Å². The fourth-order valence-electron chi connectivity index (χ4n) is 1.82. The number of halogens is 1. The topological polar surface area (TPSA) is 61.5 Å². The maximum atomic E-state index is 13.5. The fourth-order valence-corrected chi connectivity index (χ4v) is 1.82. The molecule has 0 fully saturated rings. The van der Waals surface area contributed by atoms with Gasteiger partial charge >= 0.3 is 0 Å². The van der Waals surface area contributed by atoms with Crippen LogP contribution >= 0.6 is 0 Å². The lowest BCUT2D eigenvalue weighted by Gasteiger charge is -2.13. The zero-order valence-electron chi connectivity index (χ0n) is 11.6. The molecule has 0 atom stereocenters. The van der Waals surface area contributed by atoms with Crippen molar-refractivity contribution in [2.24, 2.45) is 5.73 Å². The van der Waals surface area contributed by atoms with Crippen LogP contribution in [0.4, 0.5) is 4.39 Å². The zero-order chi connectivity index (χ0) is 15.2. The molecule has 0 unspecified atom stereocenters. The van der Waals surface area contributed by atoms with Gasteiger partial charge in [0.2, 0.25) is 5.91 Å². The third-order valence-electron chi connectivity index (χ3n) is 2.87. The monoisotopic (exact) mass is 289 g/mol. The molecule has 2 aromatic rings. The quantitative estimate of drug-likeness (QED) is 0.889. The molecule has 0 aliphatic heterocycles. The summed E-state index contributed by atoms with van der Waals surface area (Å²) >= 11 is 0. The van der Waals surface area contributed by atoms with Crippen LogP contribution < -0.4 is 15.2 Å². The van der Waals surface area contributed by atoms with Crippen molar-refractivity contribution in [3.63, 3.8) is 0 Å². The molecule has 0 aliphatic carbocycles. The van der Waals surface area contributed by atoms with Crippen LogP contribution in [0, 0.1) is 5.82 Å². The van der Waals surface area contributed by atoms with Gasteiger partial charge in [0, 0.05) is 11.1 Å². The first-order valence-corrected chi connectivity index (χ1v) is 6.54. The van der Waals surface area contributed by atoms with Crippen LogP contribution in [0.5, 0.6) is 11.5 Å². The number of ether oxygens (including phenoxy) is 2. The molecule has 2 N–H and O–H groups in total. The van der Waals surface area contributed by atoms with Crippen LogP contribution in [-0.2, 0) is 6.61 Å². The highest BCUT2D eigenvalue weighted by Crippen LogP contribution is 2.29. The molecule has 0 saturated heterocycles. The molecule has 0 spiro atoms. The van der Waals surface area contributed by atoms with Gasteiger partial charge in [0.25, 0.3) is 0 Å². The Kier molecular flexibility index (Phi) is 4.77. The molecule has 5 heteroatoms. The number of hydrogen-bond donors (Lipinski definition) is 1. The molecule has 21 heavy (non-hydrogen) atoms. The van der Waals surface area contributed by atoms with E-state index in [2.05, 4.69) is 0 Å². The Hall–Kier alpha value is -2.56. The van der Waals surface area contributed by atoms with E-state index >= 15 is 0 Å². The summed E-state index contributed by atoms with van der Waals surface area (Å²) < 4.78 is 24.5. The van der Waals surface area contributed by atoms with E-state index in [9.17, 15) is 9.18 Å². The van der Waals surface area contributed by atoms with Gasteiger partial charge in [-0.05, 0) is 31.2 Å². The van der Waals surface area contributed by atoms with Gasteiger partial charge in [-0.3, -0.25) is 4.79 Å². The number of hydrogen-bond acceptors (Lipinski definition) is 3. The lowest BCUT2D eigenvalue weighted by Crippen LogP contribution is -2.11. The van der Waals surface area contributed by atoms with E-state index in [1.807, 2.05) is 6.92 Å². The predicted molar refractivity (Wildman–Crippen MR) is 76.9 cm³/mol. The van der Waals surface area contributed by atoms with Crippen molar-refractivity contribution >= 4 is 5.91 Å². The molecule has 4 nitrogen and oxygen atoms in total. The van der Waals surface area contributed by atoms with E-state index in [0.717, 1.165) is 0 Å². The minimum atomic E-state index is -0.545. The summed E-state index contributed by atoms with van der Waals surface area (Å²) in [6, 6.07) is 11.0. The Morgan fingerprint density at radius 2 is 1.90 bits per heavy atom. The van der Waals surface area contributed by atoms with E-state index in [4.69, 9.17) is 15.2 Å². The summed E-state index contributed by atoms with van der Waals surface area (Å²) in [5.41, 5.74) is 6.00. The molecule has 0 bridgehead atoms. The molecule has 0 aromatic heterocycles. The van der Waals surface area contributed by atoms with Crippen LogP contribution in [0.15, 0.2) is 42.5 Å². The maximum Gasteiger partial charge on any atom is 0.248 e. The molecule has 0 radical (unpaired) electrons. The number of rotatable bonds is 6. The highest BCUT2D eigenvalue weighted by molar-refractivity contribution is 5.93. The van der Waals surface area contributed by atoms with E-state index in [1.54, 1.807) is 30.3 Å². The Balaban J connectivity index is 2.19. The number of benzene rings is 2. The third-order valence-corrected chi connectivity index (χ3v) is 2.87. The Labute approximate surface area is 122 Å². The van der Waals surface area contributed by atoms with Crippen molar-refractivity contribution in [3.05, 3.63) is 59.4 Å². The van der Waals surface area contributed by atoms with E-state index in [0.29, 0.717) is 29.2 Å². The number of carbonyl (C=O) groups excluding carboxylic acids is 1. The minimum Gasteiger partial charge on any atom is -0.490 e. The average molecular weight is 289 g/mol. The van der Waals surface area contributed by atoms with Crippen molar-refractivity contribution in [2.75, 3.05) is 6.61 Å². The molecule has 0 heterocycles. The van der Waals surface area contributed by atoms with Crippen LogP contribution in [0.3, 0.4) is 0 Å². The molecule has 2 rings (SSSR count). The number of primary amides is 1. The van der Waals surface area contributed by atoms with E-state index < -0.39 is 5.91 Å². The molecular formula is C16H16FNO3. The molecular weight excluding hydrogens is 273 g/mol. The van der Waals surface area contributed by atoms with Crippen LogP contribution in [0.2, 0.25) is 0 Å². The average Bonchev–Trinajstić information content (AvgIpc) is 2.47. The Morgan fingerprint density at radius 1 is 1.14 bits per heavy atom. The number of nitrogens with two attached hydrogens (primary N) is 1. The second-order valence-electron chi connectivity index (χ2n) is 4.34. The normalized spacial score (nSPS) is 10.2. The third kappa shape index (κ3) is 3.72. The lowest BCUT2D eigenvalue weighted by molar-refractivity contribution is 0.0999. The molecule has 1 amide bonds. The van der Waals surface area contributed by atoms with Gasteiger partial charge in [0.05, 0.1) is 6.61 Å². The van der Waals surface area contributed by atoms with Crippen molar-refractivity contribution < 1.29 is 18.7 Å². The van der Waals surface area contributed by atoms with Gasteiger partial charge < -0.3 is 15.2 Å². The van der Waals surface area contributed by atoms with Crippen molar-refractivity contribution in [1.82, 2.24) is 0 Å². The van der Waals surface area contributed by atoms with Gasteiger partial charge in [-0.15, -0.1) is 0 Å². The van der Waals surface area contributed by atoms with Gasteiger partial charge in [-0.1, -0.05) is 18.2 Å². The number of carbonyl (C=O) groups is 1. The minimum absolute atomic E-state index is 0.0721. The Morgan fingerprint density at radius 3 is 2.57 bits per heavy atom. The summed E-state index contributed by atoms with van der Waals surface area (Å²) in [5.74, 6) is -0.0314. The number of amides is 1. The van der Waals surface area contributed by atoms with Gasteiger partial charge in [-0.25, -0.2) is 4.39 Å². The second-order valence-corrected chi connectivity index (χ2v) is 4.34. The highest BCUT2D eigenvalue weighted by Gasteiger charge is 2.10. The standard InChI is InChI=1S/C16H16FNO3/c1-2-20-15-9-11(16(18)19)7-8-14(15)21-10-12-5-3-4-6-13(12)17/h3-9H,2,10H2,1H3,(H2,18,19). The first-order valence-electron chi connectivity index (χ1n) is 6.54. The Bertz CT molecular complexity index is 643. The van der Waals surface area contributed by atoms with E-state index in [1.165, 1.54) is 12.1 Å². The van der Waals surface area contributed by atoms with Crippen molar-refractivity contribution in [2.45, 2.75) is 13.5 Å². The van der Waals surface area contributed by atoms with E-state index in [-0.39, 0.29) is 12.4 Å². The highest BCUT2D eigenvalue weighted by atomic mass is 19.1. The molecule has 0 aliphatic rings. The molecule has 0 saturated carbocycles. The first kappa shape index (κ1) is 14.8. The van der Waals surface area contributed by atoms with Gasteiger partial charge in [0.1, 0.15) is 12.4 Å². The molecule has 110 valence electrons. The summed E-state index contributed by atoms with van der Waals surface area (Å²) in [5, 5.41) is 0. The SMILES string of the molecule is CCOc1cc(C(N)=O)ccc1OCc1ccccc1F.